The van der Waals surface area contributed by atoms with Gasteiger partial charge < -0.3 is 10.2 Å². The molecule has 2 fully saturated rings. The molecule has 0 aromatic heterocycles. The van der Waals surface area contributed by atoms with E-state index in [1.54, 1.807) is 0 Å². The zero-order chi connectivity index (χ0) is 14.4. The smallest absolute Gasteiger partial charge is 0.246 e. The van der Waals surface area contributed by atoms with Gasteiger partial charge >= 0.3 is 0 Å². The van der Waals surface area contributed by atoms with Crippen LogP contribution in [0.3, 0.4) is 0 Å². The maximum Gasteiger partial charge on any atom is 0.246 e. The third kappa shape index (κ3) is 2.93. The van der Waals surface area contributed by atoms with Gasteiger partial charge in [-0.25, -0.2) is 0 Å². The molecule has 0 aromatic carbocycles. The van der Waals surface area contributed by atoms with E-state index in [9.17, 15) is 9.59 Å². The van der Waals surface area contributed by atoms with Crippen LogP contribution >= 0.6 is 0 Å². The molecule has 1 heterocycles. The second-order valence-electron chi connectivity index (χ2n) is 7.47. The van der Waals surface area contributed by atoms with Crippen LogP contribution in [0, 0.1) is 17.3 Å². The number of nitrogens with one attached hydrogen (secondary N) is 1. The van der Waals surface area contributed by atoms with Gasteiger partial charge in [0, 0.05) is 6.54 Å². The highest BCUT2D eigenvalue weighted by atomic mass is 16.2. The predicted octanol–water partition coefficient (Wildman–Crippen LogP) is 1.79. The summed E-state index contributed by atoms with van der Waals surface area (Å²) in [6.45, 7) is 10.9. The number of rotatable bonds is 3. The zero-order valence-corrected chi connectivity index (χ0v) is 12.7. The fraction of sp³-hybridized carbons (Fsp3) is 0.867. The van der Waals surface area contributed by atoms with E-state index in [0.29, 0.717) is 18.4 Å². The fourth-order valence-corrected chi connectivity index (χ4v) is 2.80. The molecule has 0 radical (unpaired) electrons. The van der Waals surface area contributed by atoms with Gasteiger partial charge in [-0.05, 0) is 30.1 Å². The molecular weight excluding hydrogens is 240 g/mol. The van der Waals surface area contributed by atoms with Crippen LogP contribution in [0.15, 0.2) is 0 Å². The third-order valence-electron chi connectivity index (χ3n) is 3.92. The van der Waals surface area contributed by atoms with Crippen molar-refractivity contribution in [2.24, 2.45) is 17.3 Å². The number of nitrogens with zero attached hydrogens (tertiary/aromatic N) is 1. The maximum absolute atomic E-state index is 12.7. The van der Waals surface area contributed by atoms with Gasteiger partial charge in [-0.15, -0.1) is 0 Å². The second kappa shape index (κ2) is 4.80. The molecule has 2 unspecified atom stereocenters. The summed E-state index contributed by atoms with van der Waals surface area (Å²) in [5, 5.41) is 2.95. The Morgan fingerprint density at radius 3 is 2.26 bits per heavy atom. The van der Waals surface area contributed by atoms with Crippen molar-refractivity contribution < 1.29 is 9.59 Å². The molecule has 1 saturated heterocycles. The predicted molar refractivity (Wildman–Crippen MR) is 74.4 cm³/mol. The van der Waals surface area contributed by atoms with E-state index >= 15 is 0 Å². The number of piperazine rings is 1. The van der Waals surface area contributed by atoms with Gasteiger partial charge in [-0.2, -0.15) is 0 Å². The van der Waals surface area contributed by atoms with E-state index < -0.39 is 6.04 Å². The van der Waals surface area contributed by atoms with Gasteiger partial charge in [0.2, 0.25) is 11.8 Å². The van der Waals surface area contributed by atoms with Crippen molar-refractivity contribution in [3.05, 3.63) is 0 Å². The van der Waals surface area contributed by atoms with Crippen LogP contribution in [-0.2, 0) is 9.59 Å². The van der Waals surface area contributed by atoms with E-state index in [2.05, 4.69) is 19.2 Å². The lowest BCUT2D eigenvalue weighted by atomic mass is 9.83. The standard InChI is InChI=1S/C15H26N2O2/c1-9(2)8-17-11(10-6-7-10)13(18)16-12(14(17)19)15(3,4)5/h9-12H,6-8H2,1-5H3,(H,16,18). The molecule has 2 aliphatic rings. The maximum atomic E-state index is 12.7. The Bertz CT molecular complexity index is 380. The number of carbonyl (C=O) groups excluding carboxylic acids is 2. The van der Waals surface area contributed by atoms with E-state index in [1.165, 1.54) is 0 Å². The number of hydrogen-bond acceptors (Lipinski definition) is 2. The summed E-state index contributed by atoms with van der Waals surface area (Å²) in [5.41, 5.74) is -0.240. The van der Waals surface area contributed by atoms with E-state index in [1.807, 2.05) is 25.7 Å². The minimum absolute atomic E-state index is 0.0441. The molecule has 4 nitrogen and oxygen atoms in total. The average molecular weight is 266 g/mol. The van der Waals surface area contributed by atoms with Crippen LogP contribution in [0.1, 0.15) is 47.5 Å². The lowest BCUT2D eigenvalue weighted by molar-refractivity contribution is -0.154. The van der Waals surface area contributed by atoms with Crippen molar-refractivity contribution >= 4 is 11.8 Å². The van der Waals surface area contributed by atoms with Crippen molar-refractivity contribution in [2.75, 3.05) is 6.54 Å². The van der Waals surface area contributed by atoms with Gasteiger partial charge in [-0.1, -0.05) is 34.6 Å². The van der Waals surface area contributed by atoms with Gasteiger partial charge in [0.05, 0.1) is 0 Å². The molecule has 0 spiro atoms. The first-order valence-electron chi connectivity index (χ1n) is 7.32. The summed E-state index contributed by atoms with van der Waals surface area (Å²) in [6, 6.07) is -0.623. The van der Waals surface area contributed by atoms with Gasteiger partial charge in [0.1, 0.15) is 12.1 Å². The van der Waals surface area contributed by atoms with Crippen molar-refractivity contribution in [3.63, 3.8) is 0 Å². The Morgan fingerprint density at radius 2 is 1.84 bits per heavy atom. The highest BCUT2D eigenvalue weighted by Gasteiger charge is 2.50. The highest BCUT2D eigenvalue weighted by molar-refractivity contribution is 5.97. The highest BCUT2D eigenvalue weighted by Crippen LogP contribution is 2.38. The second-order valence-corrected chi connectivity index (χ2v) is 7.47. The molecule has 0 bridgehead atoms. The van der Waals surface area contributed by atoms with Gasteiger partial charge in [0.15, 0.2) is 0 Å². The Morgan fingerprint density at radius 1 is 1.26 bits per heavy atom. The normalized spacial score (nSPS) is 28.8. The van der Waals surface area contributed by atoms with Crippen molar-refractivity contribution in [1.29, 1.82) is 0 Å². The topological polar surface area (TPSA) is 49.4 Å². The van der Waals surface area contributed by atoms with Crippen LogP contribution in [0.2, 0.25) is 0 Å². The van der Waals surface area contributed by atoms with Crippen molar-refractivity contribution in [3.8, 4) is 0 Å². The lowest BCUT2D eigenvalue weighted by Gasteiger charge is -2.44. The van der Waals surface area contributed by atoms with Crippen LogP contribution < -0.4 is 5.32 Å². The Balaban J connectivity index is 2.25. The molecule has 2 amide bonds. The summed E-state index contributed by atoms with van der Waals surface area (Å²) in [5.74, 6) is 0.903. The monoisotopic (exact) mass is 266 g/mol. The van der Waals surface area contributed by atoms with E-state index in [0.717, 1.165) is 12.8 Å². The van der Waals surface area contributed by atoms with Gasteiger partial charge in [-0.3, -0.25) is 9.59 Å². The molecule has 0 aromatic rings. The minimum Gasteiger partial charge on any atom is -0.342 e. The molecular formula is C15H26N2O2. The van der Waals surface area contributed by atoms with Crippen LogP contribution in [0.5, 0.6) is 0 Å². The van der Waals surface area contributed by atoms with Gasteiger partial charge in [0.25, 0.3) is 0 Å². The molecule has 19 heavy (non-hydrogen) atoms. The minimum atomic E-state index is -0.395. The van der Waals surface area contributed by atoms with Crippen LogP contribution in [0.4, 0.5) is 0 Å². The molecule has 1 saturated carbocycles. The number of hydrogen-bond donors (Lipinski definition) is 1. The largest absolute Gasteiger partial charge is 0.342 e. The Kier molecular flexibility index (Phi) is 3.63. The number of amides is 2. The quantitative estimate of drug-likeness (QED) is 0.846. The molecule has 2 rings (SSSR count). The first kappa shape index (κ1) is 14.4. The Labute approximate surface area is 115 Å². The van der Waals surface area contributed by atoms with Crippen molar-refractivity contribution in [2.45, 2.75) is 59.5 Å². The molecule has 1 aliphatic carbocycles. The summed E-state index contributed by atoms with van der Waals surface area (Å²) >= 11 is 0. The fourth-order valence-electron chi connectivity index (χ4n) is 2.80. The zero-order valence-electron chi connectivity index (χ0n) is 12.7. The first-order valence-corrected chi connectivity index (χ1v) is 7.32. The third-order valence-corrected chi connectivity index (χ3v) is 3.92. The van der Waals surface area contributed by atoms with Crippen LogP contribution in [0.25, 0.3) is 0 Å². The molecule has 1 aliphatic heterocycles. The summed E-state index contributed by atoms with van der Waals surface area (Å²) in [6.07, 6.45) is 2.14. The Hall–Kier alpha value is -1.06. The summed E-state index contributed by atoms with van der Waals surface area (Å²) in [7, 11) is 0. The molecule has 1 N–H and O–H groups in total. The SMILES string of the molecule is CC(C)CN1C(=O)C(C(C)(C)C)NC(=O)C1C1CC1. The molecule has 4 heteroatoms. The summed E-state index contributed by atoms with van der Waals surface area (Å²) < 4.78 is 0. The van der Waals surface area contributed by atoms with Crippen molar-refractivity contribution in [1.82, 2.24) is 10.2 Å². The van der Waals surface area contributed by atoms with E-state index in [4.69, 9.17) is 0 Å². The first-order chi connectivity index (χ1) is 8.71. The van der Waals surface area contributed by atoms with Crippen LogP contribution in [-0.4, -0.2) is 35.3 Å². The lowest BCUT2D eigenvalue weighted by Crippen LogP contribution is -2.67. The number of carbonyl (C=O) groups is 2. The molecule has 2 atom stereocenters. The molecule has 108 valence electrons. The van der Waals surface area contributed by atoms with E-state index in [-0.39, 0.29) is 23.3 Å². The average Bonchev–Trinajstić information content (AvgIpc) is 3.04. The summed E-state index contributed by atoms with van der Waals surface area (Å²) in [4.78, 5) is 26.9.